The number of aryl methyl sites for hydroxylation is 1. The van der Waals surface area contributed by atoms with E-state index in [9.17, 15) is 4.79 Å². The average molecular weight is 236 g/mol. The minimum absolute atomic E-state index is 0.0357. The fraction of sp³-hybridized carbons (Fsp3) is 0.500. The number of carbonyl (C=O) groups excluding carboxylic acids is 1. The van der Waals surface area contributed by atoms with Gasteiger partial charge in [-0.05, 0) is 32.9 Å². The molecule has 0 N–H and O–H groups in total. The Hall–Kier alpha value is -1.35. The van der Waals surface area contributed by atoms with Gasteiger partial charge in [0.15, 0.2) is 5.78 Å². The Morgan fingerprint density at radius 1 is 1.29 bits per heavy atom. The molecule has 1 aromatic carbocycles. The third-order valence-corrected chi connectivity index (χ3v) is 2.41. The number of rotatable bonds is 7. The van der Waals surface area contributed by atoms with E-state index < -0.39 is 0 Å². The second-order valence-corrected chi connectivity index (χ2v) is 3.95. The van der Waals surface area contributed by atoms with Crippen molar-refractivity contribution in [3.05, 3.63) is 29.3 Å². The smallest absolute Gasteiger partial charge is 0.163 e. The van der Waals surface area contributed by atoms with Gasteiger partial charge in [0, 0.05) is 19.6 Å². The average Bonchev–Trinajstić information content (AvgIpc) is 2.30. The van der Waals surface area contributed by atoms with Gasteiger partial charge >= 0.3 is 0 Å². The highest BCUT2D eigenvalue weighted by Crippen LogP contribution is 2.20. The molecule has 0 amide bonds. The van der Waals surface area contributed by atoms with Crippen LogP contribution in [0, 0.1) is 6.92 Å². The number of ether oxygens (including phenoxy) is 2. The first-order valence-electron chi connectivity index (χ1n) is 5.97. The highest BCUT2D eigenvalue weighted by molar-refractivity contribution is 5.97. The van der Waals surface area contributed by atoms with Crippen molar-refractivity contribution in [2.24, 2.45) is 0 Å². The van der Waals surface area contributed by atoms with Crippen LogP contribution >= 0.6 is 0 Å². The van der Waals surface area contributed by atoms with Crippen molar-refractivity contribution in [2.75, 3.05) is 19.8 Å². The lowest BCUT2D eigenvalue weighted by molar-refractivity contribution is 0.101. The molecular weight excluding hydrogens is 216 g/mol. The van der Waals surface area contributed by atoms with Crippen molar-refractivity contribution in [1.82, 2.24) is 0 Å². The molecule has 0 radical (unpaired) electrons. The molecule has 94 valence electrons. The van der Waals surface area contributed by atoms with Gasteiger partial charge in [-0.2, -0.15) is 0 Å². The molecule has 0 bridgehead atoms. The van der Waals surface area contributed by atoms with E-state index in [0.29, 0.717) is 24.5 Å². The number of Topliss-reactive ketones (excluding diaryl/α,β-unsaturated/α-hetero) is 1. The summed E-state index contributed by atoms with van der Waals surface area (Å²) in [5.74, 6) is 0.702. The van der Waals surface area contributed by atoms with E-state index in [1.165, 1.54) is 0 Å². The van der Waals surface area contributed by atoms with Crippen LogP contribution in [0.5, 0.6) is 5.75 Å². The van der Waals surface area contributed by atoms with Crippen molar-refractivity contribution in [3.63, 3.8) is 0 Å². The van der Waals surface area contributed by atoms with Crippen molar-refractivity contribution >= 4 is 5.78 Å². The molecule has 3 nitrogen and oxygen atoms in total. The Bertz CT molecular complexity index is 372. The Morgan fingerprint density at radius 2 is 2.06 bits per heavy atom. The lowest BCUT2D eigenvalue weighted by atomic mass is 10.1. The SMILES string of the molecule is CCOCCCOc1ccc(C)cc1C(C)=O. The molecule has 0 spiro atoms. The van der Waals surface area contributed by atoms with Crippen LogP contribution in [0.25, 0.3) is 0 Å². The Morgan fingerprint density at radius 3 is 2.71 bits per heavy atom. The molecule has 0 aliphatic rings. The van der Waals surface area contributed by atoms with Crippen molar-refractivity contribution in [3.8, 4) is 5.75 Å². The molecule has 0 saturated carbocycles. The van der Waals surface area contributed by atoms with Crippen LogP contribution in [-0.4, -0.2) is 25.6 Å². The largest absolute Gasteiger partial charge is 0.493 e. The van der Waals surface area contributed by atoms with Gasteiger partial charge in [0.1, 0.15) is 5.75 Å². The van der Waals surface area contributed by atoms with Gasteiger partial charge < -0.3 is 9.47 Å². The number of benzene rings is 1. The molecule has 1 rings (SSSR count). The van der Waals surface area contributed by atoms with Gasteiger partial charge in [-0.3, -0.25) is 4.79 Å². The zero-order valence-electron chi connectivity index (χ0n) is 10.8. The molecule has 0 atom stereocenters. The molecule has 0 aliphatic carbocycles. The molecule has 0 unspecified atom stereocenters. The Kier molecular flexibility index (Phi) is 5.70. The molecule has 0 aliphatic heterocycles. The maximum absolute atomic E-state index is 11.4. The maximum atomic E-state index is 11.4. The van der Waals surface area contributed by atoms with Crippen LogP contribution in [0.15, 0.2) is 18.2 Å². The number of hydrogen-bond acceptors (Lipinski definition) is 3. The van der Waals surface area contributed by atoms with Crippen molar-refractivity contribution in [2.45, 2.75) is 27.2 Å². The number of hydrogen-bond donors (Lipinski definition) is 0. The number of ketones is 1. The van der Waals surface area contributed by atoms with Crippen molar-refractivity contribution < 1.29 is 14.3 Å². The summed E-state index contributed by atoms with van der Waals surface area (Å²) < 4.78 is 10.8. The van der Waals surface area contributed by atoms with E-state index in [1.54, 1.807) is 6.92 Å². The topological polar surface area (TPSA) is 35.5 Å². The Balaban J connectivity index is 2.55. The molecule has 0 saturated heterocycles. The summed E-state index contributed by atoms with van der Waals surface area (Å²) >= 11 is 0. The second kappa shape index (κ2) is 7.07. The van der Waals surface area contributed by atoms with Crippen LogP contribution in [0.3, 0.4) is 0 Å². The fourth-order valence-electron chi connectivity index (χ4n) is 1.53. The van der Waals surface area contributed by atoms with Gasteiger partial charge in [-0.1, -0.05) is 11.6 Å². The summed E-state index contributed by atoms with van der Waals surface area (Å²) in [6, 6.07) is 5.66. The van der Waals surface area contributed by atoms with E-state index >= 15 is 0 Å². The van der Waals surface area contributed by atoms with E-state index in [2.05, 4.69) is 0 Å². The van der Waals surface area contributed by atoms with Crippen LogP contribution in [-0.2, 0) is 4.74 Å². The highest BCUT2D eigenvalue weighted by atomic mass is 16.5. The monoisotopic (exact) mass is 236 g/mol. The van der Waals surface area contributed by atoms with E-state index in [1.807, 2.05) is 32.0 Å². The maximum Gasteiger partial charge on any atom is 0.163 e. The van der Waals surface area contributed by atoms with Crippen molar-refractivity contribution in [1.29, 1.82) is 0 Å². The third-order valence-electron chi connectivity index (χ3n) is 2.41. The summed E-state index contributed by atoms with van der Waals surface area (Å²) in [7, 11) is 0. The van der Waals surface area contributed by atoms with Gasteiger partial charge in [0.25, 0.3) is 0 Å². The van der Waals surface area contributed by atoms with Gasteiger partial charge in [0.05, 0.1) is 12.2 Å². The van der Waals surface area contributed by atoms with Crippen LogP contribution < -0.4 is 4.74 Å². The van der Waals surface area contributed by atoms with Crippen LogP contribution in [0.2, 0.25) is 0 Å². The Labute approximate surface area is 103 Å². The van der Waals surface area contributed by atoms with Crippen LogP contribution in [0.1, 0.15) is 36.2 Å². The molecule has 0 aromatic heterocycles. The van der Waals surface area contributed by atoms with E-state index in [0.717, 1.165) is 18.6 Å². The second-order valence-electron chi connectivity index (χ2n) is 3.95. The first kappa shape index (κ1) is 13.7. The quantitative estimate of drug-likeness (QED) is 0.539. The predicted molar refractivity (Wildman–Crippen MR) is 67.8 cm³/mol. The zero-order valence-corrected chi connectivity index (χ0v) is 10.8. The van der Waals surface area contributed by atoms with E-state index in [4.69, 9.17) is 9.47 Å². The summed E-state index contributed by atoms with van der Waals surface area (Å²) in [6.07, 6.45) is 0.832. The highest BCUT2D eigenvalue weighted by Gasteiger charge is 2.08. The first-order valence-corrected chi connectivity index (χ1v) is 5.97. The third kappa shape index (κ3) is 4.57. The molecule has 0 fully saturated rings. The van der Waals surface area contributed by atoms with E-state index in [-0.39, 0.29) is 5.78 Å². The lowest BCUT2D eigenvalue weighted by Crippen LogP contribution is -2.06. The fourth-order valence-corrected chi connectivity index (χ4v) is 1.53. The minimum atomic E-state index is 0.0357. The molecule has 1 aromatic rings. The number of carbonyl (C=O) groups is 1. The normalized spacial score (nSPS) is 10.3. The summed E-state index contributed by atoms with van der Waals surface area (Å²) in [5, 5.41) is 0. The molecule has 0 heterocycles. The molecule has 17 heavy (non-hydrogen) atoms. The van der Waals surface area contributed by atoms with Gasteiger partial charge in [-0.25, -0.2) is 0 Å². The predicted octanol–water partition coefficient (Wildman–Crippen LogP) is 3.00. The van der Waals surface area contributed by atoms with Crippen LogP contribution in [0.4, 0.5) is 0 Å². The molecular formula is C14H20O3. The standard InChI is InChI=1S/C14H20O3/c1-4-16-8-5-9-17-14-7-6-11(2)10-13(14)12(3)15/h6-7,10H,4-5,8-9H2,1-3H3. The van der Waals surface area contributed by atoms with Gasteiger partial charge in [0.2, 0.25) is 0 Å². The minimum Gasteiger partial charge on any atom is -0.493 e. The summed E-state index contributed by atoms with van der Waals surface area (Å²) in [5.41, 5.74) is 1.72. The summed E-state index contributed by atoms with van der Waals surface area (Å²) in [6.45, 7) is 7.48. The first-order chi connectivity index (χ1) is 8.15. The lowest BCUT2D eigenvalue weighted by Gasteiger charge is -2.10. The zero-order chi connectivity index (χ0) is 12.7. The summed E-state index contributed by atoms with van der Waals surface area (Å²) in [4.78, 5) is 11.4. The van der Waals surface area contributed by atoms with Gasteiger partial charge in [-0.15, -0.1) is 0 Å². The molecule has 3 heteroatoms.